The number of amides is 1. The number of rotatable bonds is 7. The fourth-order valence-electron chi connectivity index (χ4n) is 5.05. The van der Waals surface area contributed by atoms with Gasteiger partial charge in [0, 0.05) is 56.1 Å². The number of hydrogen-bond donors (Lipinski definition) is 0. The van der Waals surface area contributed by atoms with Crippen LogP contribution in [-0.2, 0) is 14.8 Å². The molecule has 0 saturated carbocycles. The van der Waals surface area contributed by atoms with Crippen LogP contribution in [0.3, 0.4) is 0 Å². The van der Waals surface area contributed by atoms with Crippen LogP contribution >= 0.6 is 11.6 Å². The van der Waals surface area contributed by atoms with Gasteiger partial charge in [0.2, 0.25) is 15.9 Å². The van der Waals surface area contributed by atoms with Crippen LogP contribution in [0.1, 0.15) is 30.4 Å². The van der Waals surface area contributed by atoms with Crippen molar-refractivity contribution in [3.05, 3.63) is 58.4 Å². The summed E-state index contributed by atoms with van der Waals surface area (Å²) in [7, 11) is -1.74. The maximum absolute atomic E-state index is 13.6. The molecule has 2 aromatic carbocycles. The standard InChI is InChI=1S/C27H35ClFN3O4S/c1-20-17-23(5-6-24(20)28)36-19-27(18-26(33)31-14-12-30(3)13-15-31)8-10-32(11-9-27)37(34,35)25-7-4-22(29)16-21(25)2/h4-7,16-17H,8-15,18-19H2,1-3H3. The van der Waals surface area contributed by atoms with Gasteiger partial charge in [-0.2, -0.15) is 4.31 Å². The number of benzene rings is 2. The van der Waals surface area contributed by atoms with Crippen LogP contribution in [0.4, 0.5) is 4.39 Å². The van der Waals surface area contributed by atoms with Crippen molar-refractivity contribution in [2.24, 2.45) is 5.41 Å². The number of hydrogen-bond acceptors (Lipinski definition) is 5. The molecule has 202 valence electrons. The zero-order valence-corrected chi connectivity index (χ0v) is 23.2. The fourth-order valence-corrected chi connectivity index (χ4v) is 6.81. The van der Waals surface area contributed by atoms with Gasteiger partial charge in [0.15, 0.2) is 0 Å². The lowest BCUT2D eigenvalue weighted by Crippen LogP contribution is -2.51. The Morgan fingerprint density at radius 3 is 2.30 bits per heavy atom. The minimum Gasteiger partial charge on any atom is -0.493 e. The van der Waals surface area contributed by atoms with E-state index < -0.39 is 21.3 Å². The summed E-state index contributed by atoms with van der Waals surface area (Å²) >= 11 is 6.16. The number of halogens is 2. The zero-order chi connectivity index (χ0) is 26.8. The van der Waals surface area contributed by atoms with Gasteiger partial charge >= 0.3 is 0 Å². The summed E-state index contributed by atoms with van der Waals surface area (Å²) in [5.74, 6) is 0.283. The molecule has 1 amide bonds. The van der Waals surface area contributed by atoms with E-state index in [0.29, 0.717) is 55.3 Å². The molecule has 0 spiro atoms. The van der Waals surface area contributed by atoms with Crippen LogP contribution in [0.2, 0.25) is 5.02 Å². The molecule has 7 nitrogen and oxygen atoms in total. The second-order valence-electron chi connectivity index (χ2n) is 10.4. The van der Waals surface area contributed by atoms with E-state index in [1.165, 1.54) is 22.5 Å². The second kappa shape index (κ2) is 11.3. The van der Waals surface area contributed by atoms with Crippen LogP contribution in [0.15, 0.2) is 41.3 Å². The van der Waals surface area contributed by atoms with Gasteiger partial charge in [0.05, 0.1) is 11.5 Å². The van der Waals surface area contributed by atoms with Crippen molar-refractivity contribution >= 4 is 27.5 Å². The normalized spacial score (nSPS) is 19.1. The van der Waals surface area contributed by atoms with E-state index >= 15 is 0 Å². The minimum atomic E-state index is -3.78. The van der Waals surface area contributed by atoms with E-state index in [9.17, 15) is 17.6 Å². The van der Waals surface area contributed by atoms with Gasteiger partial charge in [-0.15, -0.1) is 0 Å². The van der Waals surface area contributed by atoms with E-state index in [-0.39, 0.29) is 23.9 Å². The number of carbonyl (C=O) groups is 1. The van der Waals surface area contributed by atoms with E-state index in [4.69, 9.17) is 16.3 Å². The molecule has 37 heavy (non-hydrogen) atoms. The molecule has 0 radical (unpaired) electrons. The molecule has 0 bridgehead atoms. The summed E-state index contributed by atoms with van der Waals surface area (Å²) in [6.45, 7) is 7.38. The van der Waals surface area contributed by atoms with Crippen LogP contribution in [0.5, 0.6) is 5.75 Å². The van der Waals surface area contributed by atoms with Crippen LogP contribution in [-0.4, -0.2) is 81.4 Å². The minimum absolute atomic E-state index is 0.0784. The van der Waals surface area contributed by atoms with E-state index in [0.717, 1.165) is 18.7 Å². The zero-order valence-electron chi connectivity index (χ0n) is 21.7. The van der Waals surface area contributed by atoms with Crippen LogP contribution < -0.4 is 4.74 Å². The predicted octanol–water partition coefficient (Wildman–Crippen LogP) is 4.11. The average molecular weight is 552 g/mol. The highest BCUT2D eigenvalue weighted by atomic mass is 35.5. The largest absolute Gasteiger partial charge is 0.493 e. The molecule has 0 aliphatic carbocycles. The van der Waals surface area contributed by atoms with Crippen LogP contribution in [0, 0.1) is 25.1 Å². The summed E-state index contributed by atoms with van der Waals surface area (Å²) in [6, 6.07) is 9.19. The molecule has 2 heterocycles. The maximum Gasteiger partial charge on any atom is 0.243 e. The molecule has 0 aromatic heterocycles. The number of aryl methyl sites for hydroxylation is 2. The molecule has 0 unspecified atom stereocenters. The molecule has 0 N–H and O–H groups in total. The highest BCUT2D eigenvalue weighted by Crippen LogP contribution is 2.39. The third-order valence-corrected chi connectivity index (χ3v) is 10.1. The summed E-state index contributed by atoms with van der Waals surface area (Å²) in [4.78, 5) is 17.5. The number of sulfonamides is 1. The molecular weight excluding hydrogens is 517 g/mol. The first-order chi connectivity index (χ1) is 17.5. The fraction of sp³-hybridized carbons (Fsp3) is 0.519. The molecule has 2 fully saturated rings. The molecule has 2 aliphatic heterocycles. The Hall–Kier alpha value is -2.20. The number of piperazine rings is 1. The third kappa shape index (κ3) is 6.45. The van der Waals surface area contributed by atoms with Gasteiger partial charge in [0.1, 0.15) is 11.6 Å². The number of ether oxygens (including phenoxy) is 1. The lowest BCUT2D eigenvalue weighted by Gasteiger charge is -2.42. The Morgan fingerprint density at radius 1 is 1.00 bits per heavy atom. The predicted molar refractivity (Wildman–Crippen MR) is 142 cm³/mol. The first kappa shape index (κ1) is 27.8. The van der Waals surface area contributed by atoms with Crippen molar-refractivity contribution in [3.8, 4) is 5.75 Å². The highest BCUT2D eigenvalue weighted by Gasteiger charge is 2.42. The lowest BCUT2D eigenvalue weighted by molar-refractivity contribution is -0.136. The Balaban J connectivity index is 1.51. The van der Waals surface area contributed by atoms with Gasteiger partial charge in [-0.25, -0.2) is 12.8 Å². The molecule has 10 heteroatoms. The monoisotopic (exact) mass is 551 g/mol. The Bertz CT molecular complexity index is 1240. The van der Waals surface area contributed by atoms with Gasteiger partial charge in [-0.05, 0) is 81.3 Å². The summed E-state index contributed by atoms with van der Waals surface area (Å²) in [5.41, 5.74) is 0.776. The Labute approximate surface area is 224 Å². The Morgan fingerprint density at radius 2 is 1.68 bits per heavy atom. The van der Waals surface area contributed by atoms with Gasteiger partial charge in [-0.1, -0.05) is 11.6 Å². The molecule has 4 rings (SSSR count). The third-order valence-electron chi connectivity index (χ3n) is 7.59. The van der Waals surface area contributed by atoms with E-state index in [2.05, 4.69) is 4.90 Å². The molecule has 2 aromatic rings. The molecule has 0 atom stereocenters. The van der Waals surface area contributed by atoms with Crippen molar-refractivity contribution in [1.82, 2.24) is 14.1 Å². The molecular formula is C27H35ClFN3O4S. The van der Waals surface area contributed by atoms with Gasteiger partial charge in [-0.3, -0.25) is 4.79 Å². The number of nitrogens with zero attached hydrogens (tertiary/aromatic N) is 3. The van der Waals surface area contributed by atoms with Crippen LogP contribution in [0.25, 0.3) is 0 Å². The number of likely N-dealkylation sites (N-methyl/N-ethyl adjacent to an activating group) is 1. The molecule has 2 aliphatic rings. The van der Waals surface area contributed by atoms with Crippen molar-refractivity contribution in [2.45, 2.75) is 38.0 Å². The average Bonchev–Trinajstić information content (AvgIpc) is 2.85. The second-order valence-corrected chi connectivity index (χ2v) is 12.7. The van der Waals surface area contributed by atoms with Gasteiger partial charge in [0.25, 0.3) is 0 Å². The van der Waals surface area contributed by atoms with Crippen molar-refractivity contribution in [3.63, 3.8) is 0 Å². The highest BCUT2D eigenvalue weighted by molar-refractivity contribution is 7.89. The van der Waals surface area contributed by atoms with Crippen molar-refractivity contribution in [2.75, 3.05) is 52.9 Å². The first-order valence-corrected chi connectivity index (χ1v) is 14.4. The number of piperidine rings is 1. The smallest absolute Gasteiger partial charge is 0.243 e. The van der Waals surface area contributed by atoms with E-state index in [1.54, 1.807) is 13.0 Å². The Kier molecular flexibility index (Phi) is 8.48. The summed E-state index contributed by atoms with van der Waals surface area (Å²) in [5, 5.41) is 0.655. The van der Waals surface area contributed by atoms with E-state index in [1.807, 2.05) is 31.0 Å². The molecule has 2 saturated heterocycles. The van der Waals surface area contributed by atoms with Gasteiger partial charge < -0.3 is 14.5 Å². The summed E-state index contributed by atoms with van der Waals surface area (Å²) in [6.07, 6.45) is 1.27. The quantitative estimate of drug-likeness (QED) is 0.518. The lowest BCUT2D eigenvalue weighted by atomic mass is 9.76. The van der Waals surface area contributed by atoms with Crippen molar-refractivity contribution < 1.29 is 22.3 Å². The first-order valence-electron chi connectivity index (χ1n) is 12.6. The SMILES string of the molecule is Cc1cc(OCC2(CC(=O)N3CCN(C)CC3)CCN(S(=O)(=O)c3ccc(F)cc3C)CC2)ccc1Cl. The maximum atomic E-state index is 13.6. The number of carbonyl (C=O) groups excluding carboxylic acids is 1. The summed E-state index contributed by atoms with van der Waals surface area (Å²) < 4.78 is 47.9. The van der Waals surface area contributed by atoms with Crippen molar-refractivity contribution in [1.29, 1.82) is 0 Å². The topological polar surface area (TPSA) is 70.2 Å².